The average Bonchev–Trinajstić information content (AvgIpc) is 2.79. The first kappa shape index (κ1) is 14.7. The molecule has 3 nitrogen and oxygen atoms in total. The molecule has 0 atom stereocenters. The van der Waals surface area contributed by atoms with E-state index in [2.05, 4.69) is 35.1 Å². The largest absolute Gasteiger partial charge is 0.494 e. The number of hydrogen-bond donors (Lipinski definition) is 1. The van der Waals surface area contributed by atoms with E-state index in [1.165, 1.54) is 10.8 Å². The maximum Gasteiger partial charge on any atom is 0.121 e. The second-order valence-electron chi connectivity index (χ2n) is 4.85. The first-order valence-electron chi connectivity index (χ1n) is 6.79. The number of pyridine rings is 1. The molecule has 0 amide bonds. The molecule has 0 unspecified atom stereocenters. The molecule has 2 heterocycles. The number of aromatic amines is 1. The summed E-state index contributed by atoms with van der Waals surface area (Å²) in [6, 6.07) is 8.29. The van der Waals surface area contributed by atoms with Crippen molar-refractivity contribution in [1.29, 1.82) is 0 Å². The molecule has 0 aliphatic rings. The normalized spacial score (nSPS) is 10.7. The number of rotatable bonds is 4. The van der Waals surface area contributed by atoms with Crippen LogP contribution in [0.1, 0.15) is 25.5 Å². The highest BCUT2D eigenvalue weighted by molar-refractivity contribution is 6.08. The van der Waals surface area contributed by atoms with Crippen LogP contribution < -0.4 is 4.74 Å². The van der Waals surface area contributed by atoms with E-state index in [1.54, 1.807) is 0 Å². The minimum Gasteiger partial charge on any atom is -0.494 e. The number of unbranched alkanes of at least 4 members (excludes halogenated alkanes) is 1. The summed E-state index contributed by atoms with van der Waals surface area (Å²) in [6.07, 6.45) is 4.10. The number of aromatic nitrogens is 2. The number of aryl methyl sites for hydroxylation is 1. The molecule has 1 N–H and O–H groups in total. The fraction of sp³-hybridized carbons (Fsp3) is 0.312. The van der Waals surface area contributed by atoms with Gasteiger partial charge in [-0.25, -0.2) is 0 Å². The van der Waals surface area contributed by atoms with Gasteiger partial charge in [0.15, 0.2) is 0 Å². The van der Waals surface area contributed by atoms with Crippen LogP contribution in [0.15, 0.2) is 30.5 Å². The Balaban J connectivity index is 0.00000147. The minimum atomic E-state index is 0. The number of fused-ring (bicyclic) bond motifs is 3. The van der Waals surface area contributed by atoms with E-state index in [0.29, 0.717) is 0 Å². The molecule has 0 aliphatic carbocycles. The highest BCUT2D eigenvalue weighted by Gasteiger charge is 2.07. The van der Waals surface area contributed by atoms with Gasteiger partial charge < -0.3 is 9.72 Å². The van der Waals surface area contributed by atoms with E-state index in [-0.39, 0.29) is 12.4 Å². The van der Waals surface area contributed by atoms with Gasteiger partial charge in [-0.1, -0.05) is 13.3 Å². The zero-order chi connectivity index (χ0) is 13.2. The van der Waals surface area contributed by atoms with Crippen molar-refractivity contribution in [1.82, 2.24) is 9.97 Å². The fourth-order valence-corrected chi connectivity index (χ4v) is 2.37. The van der Waals surface area contributed by atoms with Crippen molar-refractivity contribution in [3.05, 3.63) is 36.2 Å². The van der Waals surface area contributed by atoms with Gasteiger partial charge >= 0.3 is 0 Å². The Kier molecular flexibility index (Phi) is 4.50. The van der Waals surface area contributed by atoms with Crippen molar-refractivity contribution >= 4 is 34.2 Å². The van der Waals surface area contributed by atoms with Gasteiger partial charge in [0.1, 0.15) is 5.75 Å². The van der Waals surface area contributed by atoms with Gasteiger partial charge in [0.05, 0.1) is 23.3 Å². The predicted molar refractivity (Wildman–Crippen MR) is 86.0 cm³/mol. The van der Waals surface area contributed by atoms with Crippen LogP contribution in [0.5, 0.6) is 5.75 Å². The standard InChI is InChI=1S/C16H18N2O.ClH/c1-3-4-9-19-12-5-6-13-14-7-8-17-11(2)16(14)18-15(13)10-12;/h5-8,10,18H,3-4,9H2,1-2H3;1H. The molecule has 0 bridgehead atoms. The highest BCUT2D eigenvalue weighted by atomic mass is 35.5. The Morgan fingerprint density at radius 2 is 2.05 bits per heavy atom. The lowest BCUT2D eigenvalue weighted by Crippen LogP contribution is -1.95. The third-order valence-electron chi connectivity index (χ3n) is 3.45. The van der Waals surface area contributed by atoms with E-state index >= 15 is 0 Å². The van der Waals surface area contributed by atoms with Gasteiger partial charge in [-0.3, -0.25) is 4.98 Å². The topological polar surface area (TPSA) is 37.9 Å². The first-order valence-corrected chi connectivity index (χ1v) is 6.79. The molecule has 0 saturated heterocycles. The van der Waals surface area contributed by atoms with E-state index in [1.807, 2.05) is 19.2 Å². The molecule has 1 aromatic carbocycles. The smallest absolute Gasteiger partial charge is 0.121 e. The van der Waals surface area contributed by atoms with E-state index in [0.717, 1.165) is 41.9 Å². The maximum absolute atomic E-state index is 5.75. The zero-order valence-corrected chi connectivity index (χ0v) is 12.6. The van der Waals surface area contributed by atoms with E-state index < -0.39 is 0 Å². The Hall–Kier alpha value is -1.74. The SMILES string of the molecule is CCCCOc1ccc2c(c1)[nH]c1c(C)nccc12.Cl. The lowest BCUT2D eigenvalue weighted by molar-refractivity contribution is 0.310. The van der Waals surface area contributed by atoms with Crippen LogP contribution in [0, 0.1) is 6.92 Å². The van der Waals surface area contributed by atoms with Gasteiger partial charge in [-0.2, -0.15) is 0 Å². The van der Waals surface area contributed by atoms with Gasteiger partial charge in [-0.15, -0.1) is 12.4 Å². The molecular formula is C16H19ClN2O. The molecule has 106 valence electrons. The molecule has 0 saturated carbocycles. The van der Waals surface area contributed by atoms with Crippen LogP contribution >= 0.6 is 12.4 Å². The lowest BCUT2D eigenvalue weighted by Gasteiger charge is -2.04. The Labute approximate surface area is 124 Å². The maximum atomic E-state index is 5.75. The zero-order valence-electron chi connectivity index (χ0n) is 11.8. The van der Waals surface area contributed by atoms with Gasteiger partial charge in [0.25, 0.3) is 0 Å². The van der Waals surface area contributed by atoms with Gasteiger partial charge in [-0.05, 0) is 31.5 Å². The molecule has 3 aromatic rings. The lowest BCUT2D eigenvalue weighted by atomic mass is 10.1. The van der Waals surface area contributed by atoms with Crippen LogP contribution in [0.4, 0.5) is 0 Å². The van der Waals surface area contributed by atoms with Crippen LogP contribution in [0.25, 0.3) is 21.8 Å². The van der Waals surface area contributed by atoms with Crippen molar-refractivity contribution in [2.24, 2.45) is 0 Å². The second-order valence-corrected chi connectivity index (χ2v) is 4.85. The van der Waals surface area contributed by atoms with E-state index in [4.69, 9.17) is 4.74 Å². The number of H-pyrrole nitrogens is 1. The minimum absolute atomic E-state index is 0. The molecule has 2 aromatic heterocycles. The summed E-state index contributed by atoms with van der Waals surface area (Å²) < 4.78 is 5.75. The highest BCUT2D eigenvalue weighted by Crippen LogP contribution is 2.29. The molecule has 0 aliphatic heterocycles. The quantitative estimate of drug-likeness (QED) is 0.712. The molecule has 0 spiro atoms. The van der Waals surface area contributed by atoms with Gasteiger partial charge in [0, 0.05) is 23.0 Å². The van der Waals surface area contributed by atoms with Crippen molar-refractivity contribution in [2.75, 3.05) is 6.61 Å². The summed E-state index contributed by atoms with van der Waals surface area (Å²) >= 11 is 0. The molecule has 0 fully saturated rings. The molecule has 4 heteroatoms. The fourth-order valence-electron chi connectivity index (χ4n) is 2.37. The summed E-state index contributed by atoms with van der Waals surface area (Å²) in [5.41, 5.74) is 3.26. The van der Waals surface area contributed by atoms with Crippen LogP contribution in [0.2, 0.25) is 0 Å². The Morgan fingerprint density at radius 1 is 1.20 bits per heavy atom. The Morgan fingerprint density at radius 3 is 2.85 bits per heavy atom. The summed E-state index contributed by atoms with van der Waals surface area (Å²) in [5, 5.41) is 2.45. The summed E-state index contributed by atoms with van der Waals surface area (Å²) in [5.74, 6) is 0.929. The predicted octanol–water partition coefficient (Wildman–Crippen LogP) is 4.63. The second kappa shape index (κ2) is 6.14. The van der Waals surface area contributed by atoms with E-state index in [9.17, 15) is 0 Å². The molecule has 3 rings (SSSR count). The number of benzene rings is 1. The average molecular weight is 291 g/mol. The van der Waals surface area contributed by atoms with Gasteiger partial charge in [0.2, 0.25) is 0 Å². The number of ether oxygens (including phenoxy) is 1. The Bertz CT molecular complexity index is 721. The third kappa shape index (κ3) is 2.59. The summed E-state index contributed by atoms with van der Waals surface area (Å²) in [7, 11) is 0. The number of hydrogen-bond acceptors (Lipinski definition) is 2. The molecule has 20 heavy (non-hydrogen) atoms. The molecular weight excluding hydrogens is 272 g/mol. The summed E-state index contributed by atoms with van der Waals surface area (Å²) in [4.78, 5) is 7.76. The van der Waals surface area contributed by atoms with Crippen LogP contribution in [-0.2, 0) is 0 Å². The van der Waals surface area contributed by atoms with Crippen LogP contribution in [-0.4, -0.2) is 16.6 Å². The van der Waals surface area contributed by atoms with Crippen molar-refractivity contribution in [3.63, 3.8) is 0 Å². The number of nitrogens with one attached hydrogen (secondary N) is 1. The van der Waals surface area contributed by atoms with Crippen molar-refractivity contribution in [2.45, 2.75) is 26.7 Å². The number of nitrogens with zero attached hydrogens (tertiary/aromatic N) is 1. The third-order valence-corrected chi connectivity index (χ3v) is 3.45. The first-order chi connectivity index (χ1) is 9.29. The van der Waals surface area contributed by atoms with Crippen molar-refractivity contribution < 1.29 is 4.74 Å². The molecule has 0 radical (unpaired) electrons. The van der Waals surface area contributed by atoms with Crippen LogP contribution in [0.3, 0.4) is 0 Å². The summed E-state index contributed by atoms with van der Waals surface area (Å²) in [6.45, 7) is 4.97. The number of halogens is 1. The van der Waals surface area contributed by atoms with Crippen molar-refractivity contribution in [3.8, 4) is 5.75 Å². The monoisotopic (exact) mass is 290 g/mol.